The Morgan fingerprint density at radius 2 is 1.71 bits per heavy atom. The van der Waals surface area contributed by atoms with E-state index in [2.05, 4.69) is 66.9 Å². The monoisotopic (exact) mass is 315 g/mol. The number of aryl methyl sites for hydroxylation is 3. The highest BCUT2D eigenvalue weighted by Gasteiger charge is 2.13. The SMILES string of the molecule is CCc1nc2c(C)cc(C)nc2n1Cc1ccc2ccccc2c1. The minimum Gasteiger partial charge on any atom is -0.308 e. The normalized spacial score (nSPS) is 11.5. The minimum atomic E-state index is 0.806. The van der Waals surface area contributed by atoms with Gasteiger partial charge in [-0.15, -0.1) is 0 Å². The molecule has 0 aliphatic carbocycles. The minimum absolute atomic E-state index is 0.806. The molecule has 24 heavy (non-hydrogen) atoms. The molecular formula is C21H21N3. The summed E-state index contributed by atoms with van der Waals surface area (Å²) in [6.45, 7) is 7.12. The number of hydrogen-bond acceptors (Lipinski definition) is 2. The van der Waals surface area contributed by atoms with Crippen LogP contribution in [0, 0.1) is 13.8 Å². The van der Waals surface area contributed by atoms with E-state index in [0.717, 1.165) is 35.6 Å². The third-order valence-electron chi connectivity index (χ3n) is 4.57. The first-order valence-corrected chi connectivity index (χ1v) is 8.46. The molecule has 0 spiro atoms. The van der Waals surface area contributed by atoms with Crippen molar-refractivity contribution in [2.45, 2.75) is 33.7 Å². The Bertz CT molecular complexity index is 1040. The molecule has 2 aromatic heterocycles. The van der Waals surface area contributed by atoms with Gasteiger partial charge in [0.2, 0.25) is 0 Å². The number of pyridine rings is 1. The smallest absolute Gasteiger partial charge is 0.160 e. The molecule has 120 valence electrons. The molecule has 3 nitrogen and oxygen atoms in total. The summed E-state index contributed by atoms with van der Waals surface area (Å²) in [6.07, 6.45) is 0.905. The van der Waals surface area contributed by atoms with Crippen molar-refractivity contribution in [3.05, 3.63) is 71.2 Å². The standard InChI is InChI=1S/C21H21N3/c1-4-19-23-20-14(2)11-15(3)22-21(20)24(19)13-16-9-10-17-7-5-6-8-18(17)12-16/h5-12H,4,13H2,1-3H3. The fraction of sp³-hybridized carbons (Fsp3) is 0.238. The van der Waals surface area contributed by atoms with Crippen molar-refractivity contribution >= 4 is 21.9 Å². The quantitative estimate of drug-likeness (QED) is 0.543. The predicted molar refractivity (Wildman–Crippen MR) is 99.4 cm³/mol. The molecule has 0 amide bonds. The second-order valence-electron chi connectivity index (χ2n) is 6.40. The lowest BCUT2D eigenvalue weighted by Crippen LogP contribution is -2.05. The Hall–Kier alpha value is -2.68. The molecule has 0 atom stereocenters. The molecule has 4 aromatic rings. The molecule has 0 N–H and O–H groups in total. The van der Waals surface area contributed by atoms with Gasteiger partial charge in [-0.1, -0.05) is 43.3 Å². The van der Waals surface area contributed by atoms with Crippen molar-refractivity contribution in [3.8, 4) is 0 Å². The van der Waals surface area contributed by atoms with Gasteiger partial charge < -0.3 is 4.57 Å². The molecule has 0 radical (unpaired) electrons. The first-order valence-electron chi connectivity index (χ1n) is 8.46. The highest BCUT2D eigenvalue weighted by molar-refractivity contribution is 5.83. The zero-order chi connectivity index (χ0) is 16.7. The number of aromatic nitrogens is 3. The van der Waals surface area contributed by atoms with Crippen molar-refractivity contribution in [2.24, 2.45) is 0 Å². The Kier molecular flexibility index (Phi) is 3.57. The van der Waals surface area contributed by atoms with Crippen LogP contribution in [0.15, 0.2) is 48.5 Å². The largest absolute Gasteiger partial charge is 0.308 e. The lowest BCUT2D eigenvalue weighted by atomic mass is 10.1. The predicted octanol–water partition coefficient (Wildman–Crippen LogP) is 4.81. The number of hydrogen-bond donors (Lipinski definition) is 0. The summed E-state index contributed by atoms with van der Waals surface area (Å²) in [7, 11) is 0. The van der Waals surface area contributed by atoms with E-state index in [9.17, 15) is 0 Å². The summed E-state index contributed by atoms with van der Waals surface area (Å²) in [5.41, 5.74) is 5.55. The molecule has 2 aromatic carbocycles. The van der Waals surface area contributed by atoms with Gasteiger partial charge in [-0.3, -0.25) is 0 Å². The van der Waals surface area contributed by atoms with Crippen molar-refractivity contribution < 1.29 is 0 Å². The number of benzene rings is 2. The molecule has 4 rings (SSSR count). The zero-order valence-corrected chi connectivity index (χ0v) is 14.4. The molecule has 0 bridgehead atoms. The summed E-state index contributed by atoms with van der Waals surface area (Å²) in [5, 5.41) is 2.55. The van der Waals surface area contributed by atoms with Crippen molar-refractivity contribution in [1.82, 2.24) is 14.5 Å². The van der Waals surface area contributed by atoms with Crippen LogP contribution in [-0.4, -0.2) is 14.5 Å². The van der Waals surface area contributed by atoms with E-state index >= 15 is 0 Å². The van der Waals surface area contributed by atoms with E-state index in [1.54, 1.807) is 0 Å². The summed E-state index contributed by atoms with van der Waals surface area (Å²) in [5.74, 6) is 1.10. The van der Waals surface area contributed by atoms with Crippen LogP contribution in [0.3, 0.4) is 0 Å². The summed E-state index contributed by atoms with van der Waals surface area (Å²) in [4.78, 5) is 9.59. The molecule has 0 unspecified atom stereocenters. The van der Waals surface area contributed by atoms with E-state index in [1.165, 1.54) is 21.9 Å². The lowest BCUT2D eigenvalue weighted by Gasteiger charge is -2.09. The fourth-order valence-electron chi connectivity index (χ4n) is 3.40. The maximum absolute atomic E-state index is 4.83. The van der Waals surface area contributed by atoms with Crippen molar-refractivity contribution in [1.29, 1.82) is 0 Å². The Morgan fingerprint density at radius 3 is 2.50 bits per heavy atom. The van der Waals surface area contributed by atoms with Crippen LogP contribution in [0.4, 0.5) is 0 Å². The number of nitrogens with zero attached hydrogens (tertiary/aromatic N) is 3. The molecule has 0 aliphatic heterocycles. The number of imidazole rings is 1. The first kappa shape index (κ1) is 14.9. The second kappa shape index (κ2) is 5.75. The van der Waals surface area contributed by atoms with Gasteiger partial charge in [-0.05, 0) is 47.9 Å². The van der Waals surface area contributed by atoms with Gasteiger partial charge in [0.05, 0.1) is 6.54 Å². The molecular weight excluding hydrogens is 294 g/mol. The van der Waals surface area contributed by atoms with E-state index in [0.29, 0.717) is 0 Å². The van der Waals surface area contributed by atoms with Gasteiger partial charge >= 0.3 is 0 Å². The molecule has 0 fully saturated rings. The van der Waals surface area contributed by atoms with Crippen LogP contribution in [-0.2, 0) is 13.0 Å². The molecule has 2 heterocycles. The van der Waals surface area contributed by atoms with E-state index in [4.69, 9.17) is 9.97 Å². The van der Waals surface area contributed by atoms with Gasteiger partial charge in [0.25, 0.3) is 0 Å². The number of rotatable bonds is 3. The second-order valence-corrected chi connectivity index (χ2v) is 6.40. The van der Waals surface area contributed by atoms with Crippen LogP contribution >= 0.6 is 0 Å². The van der Waals surface area contributed by atoms with Gasteiger partial charge in [-0.2, -0.15) is 0 Å². The Labute approximate surface area is 142 Å². The highest BCUT2D eigenvalue weighted by Crippen LogP contribution is 2.22. The van der Waals surface area contributed by atoms with Crippen molar-refractivity contribution in [3.63, 3.8) is 0 Å². The van der Waals surface area contributed by atoms with Crippen molar-refractivity contribution in [2.75, 3.05) is 0 Å². The summed E-state index contributed by atoms with van der Waals surface area (Å²) < 4.78 is 2.26. The van der Waals surface area contributed by atoms with Crippen LogP contribution in [0.5, 0.6) is 0 Å². The third kappa shape index (κ3) is 2.46. The summed E-state index contributed by atoms with van der Waals surface area (Å²) in [6, 6.07) is 17.3. The van der Waals surface area contributed by atoms with Crippen LogP contribution < -0.4 is 0 Å². The zero-order valence-electron chi connectivity index (χ0n) is 14.4. The van der Waals surface area contributed by atoms with E-state index < -0.39 is 0 Å². The van der Waals surface area contributed by atoms with Gasteiger partial charge in [0, 0.05) is 12.1 Å². The van der Waals surface area contributed by atoms with E-state index in [1.807, 2.05) is 6.92 Å². The molecule has 0 aliphatic rings. The van der Waals surface area contributed by atoms with Crippen LogP contribution in [0.2, 0.25) is 0 Å². The Morgan fingerprint density at radius 1 is 0.917 bits per heavy atom. The molecule has 3 heteroatoms. The molecule has 0 saturated heterocycles. The fourth-order valence-corrected chi connectivity index (χ4v) is 3.40. The van der Waals surface area contributed by atoms with Gasteiger partial charge in [0.1, 0.15) is 11.3 Å². The molecule has 0 saturated carbocycles. The summed E-state index contributed by atoms with van der Waals surface area (Å²) >= 11 is 0. The van der Waals surface area contributed by atoms with Crippen LogP contribution in [0.25, 0.3) is 21.9 Å². The maximum atomic E-state index is 4.83. The highest BCUT2D eigenvalue weighted by atomic mass is 15.1. The first-order chi connectivity index (χ1) is 11.7. The third-order valence-corrected chi connectivity index (χ3v) is 4.57. The van der Waals surface area contributed by atoms with Gasteiger partial charge in [0.15, 0.2) is 5.65 Å². The topological polar surface area (TPSA) is 30.7 Å². The van der Waals surface area contributed by atoms with Crippen LogP contribution in [0.1, 0.15) is 29.6 Å². The average Bonchev–Trinajstić information content (AvgIpc) is 2.93. The van der Waals surface area contributed by atoms with E-state index in [-0.39, 0.29) is 0 Å². The average molecular weight is 315 g/mol. The lowest BCUT2D eigenvalue weighted by molar-refractivity contribution is 0.746. The maximum Gasteiger partial charge on any atom is 0.160 e. The number of fused-ring (bicyclic) bond motifs is 2. The Balaban J connectivity index is 1.85. The van der Waals surface area contributed by atoms with Gasteiger partial charge in [-0.25, -0.2) is 9.97 Å².